The van der Waals surface area contributed by atoms with Crippen LogP contribution in [0.1, 0.15) is 23.2 Å². The monoisotopic (exact) mass is 298 g/mol. The maximum absolute atomic E-state index is 4.57. The second kappa shape index (κ2) is 6.65. The van der Waals surface area contributed by atoms with E-state index in [9.17, 15) is 0 Å². The smallest absolute Gasteiger partial charge is 0.0926 e. The Morgan fingerprint density at radius 3 is 2.86 bits per heavy atom. The van der Waals surface area contributed by atoms with Crippen LogP contribution in [0.15, 0.2) is 48.1 Å². The molecule has 0 aliphatic carbocycles. The van der Waals surface area contributed by atoms with Crippen molar-refractivity contribution in [2.24, 2.45) is 0 Å². The lowest BCUT2D eigenvalue weighted by Gasteiger charge is -2.10. The van der Waals surface area contributed by atoms with Gasteiger partial charge in [-0.25, -0.2) is 9.67 Å². The standard InChI is InChI=1S/C16H18N4S/c1-2-16-19-14(12-21-16)11-17-10-13-6-3-4-7-15(13)20-9-5-8-18-20/h3-9,12,17H,2,10-11H2,1H3. The molecule has 4 nitrogen and oxygen atoms in total. The zero-order chi connectivity index (χ0) is 14.5. The van der Waals surface area contributed by atoms with Crippen molar-refractivity contribution in [2.45, 2.75) is 26.4 Å². The minimum atomic E-state index is 0.796. The molecule has 2 aromatic heterocycles. The summed E-state index contributed by atoms with van der Waals surface area (Å²) in [5.74, 6) is 0. The molecule has 5 heteroatoms. The number of rotatable bonds is 6. The molecule has 0 aliphatic rings. The lowest BCUT2D eigenvalue weighted by atomic mass is 10.2. The van der Waals surface area contributed by atoms with Crippen LogP contribution in [0.3, 0.4) is 0 Å². The molecule has 0 saturated heterocycles. The number of nitrogens with zero attached hydrogens (tertiary/aromatic N) is 3. The van der Waals surface area contributed by atoms with E-state index in [-0.39, 0.29) is 0 Å². The molecule has 108 valence electrons. The molecule has 1 aromatic carbocycles. The van der Waals surface area contributed by atoms with E-state index in [4.69, 9.17) is 0 Å². The molecule has 2 heterocycles. The number of aryl methyl sites for hydroxylation is 1. The predicted molar refractivity (Wildman–Crippen MR) is 85.6 cm³/mol. The van der Waals surface area contributed by atoms with Gasteiger partial charge in [0.05, 0.1) is 16.4 Å². The van der Waals surface area contributed by atoms with Crippen LogP contribution in [0.2, 0.25) is 0 Å². The molecule has 21 heavy (non-hydrogen) atoms. The first-order chi connectivity index (χ1) is 10.4. The topological polar surface area (TPSA) is 42.7 Å². The Kier molecular flexibility index (Phi) is 4.43. The van der Waals surface area contributed by atoms with Crippen molar-refractivity contribution < 1.29 is 0 Å². The van der Waals surface area contributed by atoms with Gasteiger partial charge in [0, 0.05) is 30.9 Å². The van der Waals surface area contributed by atoms with Crippen LogP contribution in [-0.4, -0.2) is 14.8 Å². The van der Waals surface area contributed by atoms with Crippen molar-refractivity contribution in [1.82, 2.24) is 20.1 Å². The summed E-state index contributed by atoms with van der Waals surface area (Å²) in [5.41, 5.74) is 3.46. The molecule has 3 rings (SSSR count). The highest BCUT2D eigenvalue weighted by molar-refractivity contribution is 7.09. The van der Waals surface area contributed by atoms with Gasteiger partial charge in [0.15, 0.2) is 0 Å². The normalized spacial score (nSPS) is 10.9. The van der Waals surface area contributed by atoms with E-state index in [1.807, 2.05) is 23.0 Å². The van der Waals surface area contributed by atoms with E-state index in [1.54, 1.807) is 17.5 Å². The number of nitrogens with one attached hydrogen (secondary N) is 1. The highest BCUT2D eigenvalue weighted by atomic mass is 32.1. The average Bonchev–Trinajstić information content (AvgIpc) is 3.19. The molecule has 1 N–H and O–H groups in total. The van der Waals surface area contributed by atoms with Crippen molar-refractivity contribution in [3.63, 3.8) is 0 Å². The van der Waals surface area contributed by atoms with E-state index >= 15 is 0 Å². The van der Waals surface area contributed by atoms with Gasteiger partial charge < -0.3 is 5.32 Å². The van der Waals surface area contributed by atoms with Crippen molar-refractivity contribution in [2.75, 3.05) is 0 Å². The largest absolute Gasteiger partial charge is 0.307 e. The second-order valence-corrected chi connectivity index (χ2v) is 5.71. The number of hydrogen-bond acceptors (Lipinski definition) is 4. The van der Waals surface area contributed by atoms with Gasteiger partial charge in [0.1, 0.15) is 0 Å². The van der Waals surface area contributed by atoms with E-state index in [0.29, 0.717) is 0 Å². The van der Waals surface area contributed by atoms with Crippen LogP contribution in [0.4, 0.5) is 0 Å². The minimum Gasteiger partial charge on any atom is -0.307 e. The van der Waals surface area contributed by atoms with Gasteiger partial charge in [0.2, 0.25) is 0 Å². The predicted octanol–water partition coefficient (Wildman–Crippen LogP) is 3.18. The SMILES string of the molecule is CCc1nc(CNCc2ccccc2-n2cccn2)cs1. The van der Waals surface area contributed by atoms with Gasteiger partial charge in [-0.2, -0.15) is 5.10 Å². The molecular formula is C16H18N4S. The third-order valence-electron chi connectivity index (χ3n) is 3.27. The molecule has 0 saturated carbocycles. The first-order valence-electron chi connectivity index (χ1n) is 7.08. The molecular weight excluding hydrogens is 280 g/mol. The Bertz CT molecular complexity index is 688. The second-order valence-electron chi connectivity index (χ2n) is 4.77. The first kappa shape index (κ1) is 14.0. The number of benzene rings is 1. The van der Waals surface area contributed by atoms with E-state index in [1.165, 1.54) is 10.6 Å². The number of para-hydroxylation sites is 1. The van der Waals surface area contributed by atoms with Gasteiger partial charge in [-0.3, -0.25) is 0 Å². The lowest BCUT2D eigenvalue weighted by molar-refractivity contribution is 0.675. The lowest BCUT2D eigenvalue weighted by Crippen LogP contribution is -2.15. The highest BCUT2D eigenvalue weighted by Crippen LogP contribution is 2.14. The molecule has 0 unspecified atom stereocenters. The van der Waals surface area contributed by atoms with Crippen molar-refractivity contribution >= 4 is 11.3 Å². The van der Waals surface area contributed by atoms with Gasteiger partial charge in [-0.05, 0) is 24.1 Å². The molecule has 0 spiro atoms. The number of thiazole rings is 1. The summed E-state index contributed by atoms with van der Waals surface area (Å²) in [6.07, 6.45) is 4.77. The van der Waals surface area contributed by atoms with Crippen LogP contribution < -0.4 is 5.32 Å². The zero-order valence-corrected chi connectivity index (χ0v) is 12.8. The van der Waals surface area contributed by atoms with Gasteiger partial charge >= 0.3 is 0 Å². The Labute approximate surface area is 128 Å². The Morgan fingerprint density at radius 1 is 1.19 bits per heavy atom. The van der Waals surface area contributed by atoms with Gasteiger partial charge in [-0.1, -0.05) is 25.1 Å². The summed E-state index contributed by atoms with van der Waals surface area (Å²) >= 11 is 1.73. The quantitative estimate of drug-likeness (QED) is 0.760. The average molecular weight is 298 g/mol. The molecule has 0 amide bonds. The third kappa shape index (κ3) is 3.37. The zero-order valence-electron chi connectivity index (χ0n) is 12.0. The number of hydrogen-bond donors (Lipinski definition) is 1. The van der Waals surface area contributed by atoms with Crippen molar-refractivity contribution in [3.05, 3.63) is 64.4 Å². The first-order valence-corrected chi connectivity index (χ1v) is 7.96. The summed E-state index contributed by atoms with van der Waals surface area (Å²) in [4.78, 5) is 4.57. The van der Waals surface area contributed by atoms with Gasteiger partial charge in [-0.15, -0.1) is 11.3 Å². The fraction of sp³-hybridized carbons (Fsp3) is 0.250. The van der Waals surface area contributed by atoms with E-state index in [2.05, 4.69) is 45.9 Å². The van der Waals surface area contributed by atoms with Crippen LogP contribution in [-0.2, 0) is 19.5 Å². The highest BCUT2D eigenvalue weighted by Gasteiger charge is 2.05. The summed E-state index contributed by atoms with van der Waals surface area (Å²) < 4.78 is 1.90. The third-order valence-corrected chi connectivity index (χ3v) is 4.31. The molecule has 3 aromatic rings. The van der Waals surface area contributed by atoms with Gasteiger partial charge in [0.25, 0.3) is 0 Å². The summed E-state index contributed by atoms with van der Waals surface area (Å²) in [5, 5.41) is 11.1. The van der Waals surface area contributed by atoms with E-state index in [0.717, 1.165) is 30.9 Å². The Balaban J connectivity index is 1.65. The minimum absolute atomic E-state index is 0.796. The van der Waals surface area contributed by atoms with E-state index < -0.39 is 0 Å². The number of aromatic nitrogens is 3. The van der Waals surface area contributed by atoms with Crippen molar-refractivity contribution in [3.8, 4) is 5.69 Å². The molecule has 0 aliphatic heterocycles. The Morgan fingerprint density at radius 2 is 2.10 bits per heavy atom. The Hall–Kier alpha value is -1.98. The van der Waals surface area contributed by atoms with Crippen LogP contribution in [0, 0.1) is 0 Å². The molecule has 0 atom stereocenters. The summed E-state index contributed by atoms with van der Waals surface area (Å²) in [6.45, 7) is 3.73. The van der Waals surface area contributed by atoms with Crippen LogP contribution in [0.5, 0.6) is 0 Å². The molecule has 0 fully saturated rings. The summed E-state index contributed by atoms with van der Waals surface area (Å²) in [6, 6.07) is 10.2. The maximum atomic E-state index is 4.57. The fourth-order valence-corrected chi connectivity index (χ4v) is 2.96. The fourth-order valence-electron chi connectivity index (χ4n) is 2.21. The van der Waals surface area contributed by atoms with Crippen LogP contribution in [0.25, 0.3) is 5.69 Å². The maximum Gasteiger partial charge on any atom is 0.0926 e. The van der Waals surface area contributed by atoms with Crippen molar-refractivity contribution in [1.29, 1.82) is 0 Å². The molecule has 0 radical (unpaired) electrons. The van der Waals surface area contributed by atoms with Crippen LogP contribution >= 0.6 is 11.3 Å². The molecule has 0 bridgehead atoms. The summed E-state index contributed by atoms with van der Waals surface area (Å²) in [7, 11) is 0.